The number of halogens is 1. The highest BCUT2D eigenvalue weighted by Gasteiger charge is 2.07. The SMILES string of the molecule is CN(Cc1ccccc1Br)C(=O)/C=C/c1cccnc1. The van der Waals surface area contributed by atoms with Crippen molar-refractivity contribution in [3.8, 4) is 0 Å². The number of hydrogen-bond donors (Lipinski definition) is 0. The average Bonchev–Trinajstić information content (AvgIpc) is 2.48. The van der Waals surface area contributed by atoms with Gasteiger partial charge in [-0.15, -0.1) is 0 Å². The van der Waals surface area contributed by atoms with Crippen molar-refractivity contribution >= 4 is 27.9 Å². The fourth-order valence-corrected chi connectivity index (χ4v) is 2.14. The normalized spacial score (nSPS) is 10.7. The van der Waals surface area contributed by atoms with E-state index in [4.69, 9.17) is 0 Å². The molecule has 0 spiro atoms. The molecule has 102 valence electrons. The number of carbonyl (C=O) groups excluding carboxylic acids is 1. The van der Waals surface area contributed by atoms with Crippen LogP contribution in [0.25, 0.3) is 6.08 Å². The van der Waals surface area contributed by atoms with E-state index in [9.17, 15) is 4.79 Å². The van der Waals surface area contributed by atoms with E-state index < -0.39 is 0 Å². The minimum Gasteiger partial charge on any atom is -0.338 e. The largest absolute Gasteiger partial charge is 0.338 e. The Labute approximate surface area is 127 Å². The van der Waals surface area contributed by atoms with Gasteiger partial charge in [0.05, 0.1) is 0 Å². The van der Waals surface area contributed by atoms with Crippen LogP contribution in [-0.4, -0.2) is 22.8 Å². The summed E-state index contributed by atoms with van der Waals surface area (Å²) in [6, 6.07) is 11.6. The topological polar surface area (TPSA) is 33.2 Å². The van der Waals surface area contributed by atoms with Gasteiger partial charge in [0, 0.05) is 36.5 Å². The van der Waals surface area contributed by atoms with Crippen LogP contribution in [0.1, 0.15) is 11.1 Å². The first-order chi connectivity index (χ1) is 9.66. The molecule has 3 nitrogen and oxygen atoms in total. The predicted octanol–water partition coefficient (Wildman–Crippen LogP) is 3.52. The van der Waals surface area contributed by atoms with E-state index in [1.54, 1.807) is 36.5 Å². The van der Waals surface area contributed by atoms with Crippen molar-refractivity contribution in [3.63, 3.8) is 0 Å². The Morgan fingerprint density at radius 2 is 2.10 bits per heavy atom. The lowest BCUT2D eigenvalue weighted by molar-refractivity contribution is -0.125. The van der Waals surface area contributed by atoms with Crippen LogP contribution in [0.2, 0.25) is 0 Å². The Hall–Kier alpha value is -1.94. The molecule has 0 aliphatic carbocycles. The summed E-state index contributed by atoms with van der Waals surface area (Å²) in [5.74, 6) is -0.0374. The summed E-state index contributed by atoms with van der Waals surface area (Å²) in [5, 5.41) is 0. The zero-order chi connectivity index (χ0) is 14.4. The molecule has 0 unspecified atom stereocenters. The molecule has 1 aromatic carbocycles. The quantitative estimate of drug-likeness (QED) is 0.803. The highest BCUT2D eigenvalue weighted by atomic mass is 79.9. The molecular formula is C16H15BrN2O. The van der Waals surface area contributed by atoms with Gasteiger partial charge in [-0.05, 0) is 29.3 Å². The summed E-state index contributed by atoms with van der Waals surface area (Å²) < 4.78 is 1.01. The Balaban J connectivity index is 1.99. The van der Waals surface area contributed by atoms with Crippen LogP contribution in [0.3, 0.4) is 0 Å². The average molecular weight is 331 g/mol. The number of hydrogen-bond acceptors (Lipinski definition) is 2. The number of benzene rings is 1. The molecule has 0 saturated heterocycles. The molecule has 0 aliphatic heterocycles. The molecule has 0 aliphatic rings. The molecule has 0 atom stereocenters. The molecule has 20 heavy (non-hydrogen) atoms. The van der Waals surface area contributed by atoms with Crippen LogP contribution in [0.15, 0.2) is 59.3 Å². The van der Waals surface area contributed by atoms with E-state index >= 15 is 0 Å². The van der Waals surface area contributed by atoms with Crippen molar-refractivity contribution in [2.45, 2.75) is 6.54 Å². The van der Waals surface area contributed by atoms with Crippen LogP contribution in [0, 0.1) is 0 Å². The van der Waals surface area contributed by atoms with Crippen LogP contribution >= 0.6 is 15.9 Å². The second-order valence-electron chi connectivity index (χ2n) is 4.41. The number of pyridine rings is 1. The second-order valence-corrected chi connectivity index (χ2v) is 5.26. The zero-order valence-corrected chi connectivity index (χ0v) is 12.7. The van der Waals surface area contributed by atoms with Gasteiger partial charge in [0.15, 0.2) is 0 Å². The minimum atomic E-state index is -0.0374. The van der Waals surface area contributed by atoms with Gasteiger partial charge < -0.3 is 4.90 Å². The van der Waals surface area contributed by atoms with E-state index in [-0.39, 0.29) is 5.91 Å². The summed E-state index contributed by atoms with van der Waals surface area (Å²) in [4.78, 5) is 17.7. The first-order valence-corrected chi connectivity index (χ1v) is 7.03. The van der Waals surface area contributed by atoms with Gasteiger partial charge in [-0.1, -0.05) is 40.2 Å². The molecule has 1 heterocycles. The lowest BCUT2D eigenvalue weighted by atomic mass is 10.2. The maximum atomic E-state index is 12.0. The van der Waals surface area contributed by atoms with Crippen molar-refractivity contribution < 1.29 is 4.79 Å². The number of likely N-dealkylation sites (N-methyl/N-ethyl adjacent to an activating group) is 1. The number of carbonyl (C=O) groups is 1. The van der Waals surface area contributed by atoms with E-state index in [2.05, 4.69) is 20.9 Å². The summed E-state index contributed by atoms with van der Waals surface area (Å²) in [6.07, 6.45) is 6.76. The number of nitrogens with zero attached hydrogens (tertiary/aromatic N) is 2. The molecule has 0 bridgehead atoms. The van der Waals surface area contributed by atoms with Crippen molar-refractivity contribution in [3.05, 3.63) is 70.5 Å². The van der Waals surface area contributed by atoms with Gasteiger partial charge in [-0.25, -0.2) is 0 Å². The van der Waals surface area contributed by atoms with E-state index in [1.807, 2.05) is 36.4 Å². The third-order valence-corrected chi connectivity index (χ3v) is 3.62. The van der Waals surface area contributed by atoms with Gasteiger partial charge in [0.25, 0.3) is 0 Å². The molecule has 2 aromatic rings. The number of amides is 1. The van der Waals surface area contributed by atoms with Gasteiger partial charge in [-0.2, -0.15) is 0 Å². The molecule has 1 amide bonds. The fraction of sp³-hybridized carbons (Fsp3) is 0.125. The smallest absolute Gasteiger partial charge is 0.246 e. The van der Waals surface area contributed by atoms with Gasteiger partial charge >= 0.3 is 0 Å². The highest BCUT2D eigenvalue weighted by molar-refractivity contribution is 9.10. The summed E-state index contributed by atoms with van der Waals surface area (Å²) in [7, 11) is 1.79. The summed E-state index contributed by atoms with van der Waals surface area (Å²) >= 11 is 3.49. The van der Waals surface area contributed by atoms with Crippen LogP contribution < -0.4 is 0 Å². The molecule has 0 N–H and O–H groups in total. The van der Waals surface area contributed by atoms with Gasteiger partial charge in [0.1, 0.15) is 0 Å². The van der Waals surface area contributed by atoms with Crippen molar-refractivity contribution in [1.82, 2.24) is 9.88 Å². The Kier molecular flexibility index (Phi) is 5.07. The summed E-state index contributed by atoms with van der Waals surface area (Å²) in [6.45, 7) is 0.567. The van der Waals surface area contributed by atoms with Gasteiger partial charge in [0.2, 0.25) is 5.91 Å². The van der Waals surface area contributed by atoms with Crippen molar-refractivity contribution in [1.29, 1.82) is 0 Å². The predicted molar refractivity (Wildman–Crippen MR) is 83.9 cm³/mol. The molecule has 0 fully saturated rings. The number of aromatic nitrogens is 1. The monoisotopic (exact) mass is 330 g/mol. The lowest BCUT2D eigenvalue weighted by Crippen LogP contribution is -2.24. The van der Waals surface area contributed by atoms with Crippen molar-refractivity contribution in [2.75, 3.05) is 7.05 Å². The number of rotatable bonds is 4. The first kappa shape index (κ1) is 14.5. The van der Waals surface area contributed by atoms with E-state index in [0.29, 0.717) is 6.54 Å². The molecule has 2 rings (SSSR count). The minimum absolute atomic E-state index is 0.0374. The fourth-order valence-electron chi connectivity index (χ4n) is 1.73. The maximum Gasteiger partial charge on any atom is 0.246 e. The third kappa shape index (κ3) is 4.03. The van der Waals surface area contributed by atoms with Crippen molar-refractivity contribution in [2.24, 2.45) is 0 Å². The molecule has 0 radical (unpaired) electrons. The third-order valence-electron chi connectivity index (χ3n) is 2.84. The second kappa shape index (κ2) is 7.01. The van der Waals surface area contributed by atoms with Crippen LogP contribution in [0.4, 0.5) is 0 Å². The highest BCUT2D eigenvalue weighted by Crippen LogP contribution is 2.17. The molecule has 1 aromatic heterocycles. The summed E-state index contributed by atoms with van der Waals surface area (Å²) in [5.41, 5.74) is 1.99. The van der Waals surface area contributed by atoms with E-state index in [0.717, 1.165) is 15.6 Å². The Morgan fingerprint density at radius 3 is 2.80 bits per heavy atom. The maximum absolute atomic E-state index is 12.0. The standard InChI is InChI=1S/C16H15BrN2O/c1-19(12-14-6-2-3-7-15(14)17)16(20)9-8-13-5-4-10-18-11-13/h2-11H,12H2,1H3/b9-8+. The zero-order valence-electron chi connectivity index (χ0n) is 11.2. The van der Waals surface area contributed by atoms with E-state index in [1.165, 1.54) is 0 Å². The molecular weight excluding hydrogens is 316 g/mol. The Bertz CT molecular complexity index is 611. The van der Waals surface area contributed by atoms with Crippen LogP contribution in [-0.2, 0) is 11.3 Å². The first-order valence-electron chi connectivity index (χ1n) is 6.23. The molecule has 0 saturated carbocycles. The van der Waals surface area contributed by atoms with Crippen LogP contribution in [0.5, 0.6) is 0 Å². The lowest BCUT2D eigenvalue weighted by Gasteiger charge is -2.16. The van der Waals surface area contributed by atoms with Gasteiger partial charge in [-0.3, -0.25) is 9.78 Å². The molecule has 4 heteroatoms. The Morgan fingerprint density at radius 1 is 1.30 bits per heavy atom.